The highest BCUT2D eigenvalue weighted by molar-refractivity contribution is 4.83. The van der Waals surface area contributed by atoms with Crippen LogP contribution in [0, 0.1) is 0 Å². The molecule has 2 aliphatic rings. The largest absolute Gasteiger partial charge is 0.373 e. The molecule has 0 aromatic heterocycles. The maximum absolute atomic E-state index is 6.09. The minimum Gasteiger partial charge on any atom is -0.373 e. The van der Waals surface area contributed by atoms with E-state index in [0.29, 0.717) is 6.10 Å². The minimum absolute atomic E-state index is 0.0221. The third kappa shape index (κ3) is 4.89. The number of rotatable bonds is 3. The lowest BCUT2D eigenvalue weighted by Gasteiger charge is -2.36. The Bertz CT molecular complexity index is 232. The fourth-order valence-electron chi connectivity index (χ4n) is 3.45. The fourth-order valence-corrected chi connectivity index (χ4v) is 3.45. The summed E-state index contributed by atoms with van der Waals surface area (Å²) in [5, 5.41) is 3.89. The topological polar surface area (TPSA) is 21.3 Å². The molecule has 2 nitrogen and oxygen atoms in total. The number of ether oxygens (including phenoxy) is 1. The zero-order chi connectivity index (χ0) is 13.0. The van der Waals surface area contributed by atoms with E-state index in [1.54, 1.807) is 0 Å². The van der Waals surface area contributed by atoms with Crippen LogP contribution < -0.4 is 5.32 Å². The van der Waals surface area contributed by atoms with Gasteiger partial charge in [0.1, 0.15) is 0 Å². The monoisotopic (exact) mass is 253 g/mol. The van der Waals surface area contributed by atoms with E-state index < -0.39 is 0 Å². The molecular formula is C16H31NO. The average molecular weight is 253 g/mol. The maximum atomic E-state index is 6.09. The summed E-state index contributed by atoms with van der Waals surface area (Å²) < 4.78 is 6.09. The summed E-state index contributed by atoms with van der Waals surface area (Å²) in [6.07, 6.45) is 12.7. The van der Waals surface area contributed by atoms with Crippen LogP contribution in [0.5, 0.6) is 0 Å². The minimum atomic E-state index is 0.0221. The molecule has 2 saturated carbocycles. The van der Waals surface area contributed by atoms with E-state index >= 15 is 0 Å². The van der Waals surface area contributed by atoms with E-state index in [0.717, 1.165) is 12.1 Å². The van der Waals surface area contributed by atoms with Crippen molar-refractivity contribution in [3.05, 3.63) is 0 Å². The maximum Gasteiger partial charge on any atom is 0.0602 e. The van der Waals surface area contributed by atoms with E-state index in [1.165, 1.54) is 57.8 Å². The van der Waals surface area contributed by atoms with Gasteiger partial charge in [-0.1, -0.05) is 19.3 Å². The molecule has 2 heteroatoms. The van der Waals surface area contributed by atoms with Crippen LogP contribution in [-0.2, 0) is 4.74 Å². The second-order valence-corrected chi connectivity index (χ2v) is 7.21. The van der Waals surface area contributed by atoms with Gasteiger partial charge in [-0.3, -0.25) is 0 Å². The van der Waals surface area contributed by atoms with Crippen LogP contribution in [0.4, 0.5) is 0 Å². The SMILES string of the molecule is CC(C)(C)OC1CCC(NC2CCCCC2)CC1. The molecule has 0 saturated heterocycles. The molecule has 0 amide bonds. The Morgan fingerprint density at radius 1 is 0.778 bits per heavy atom. The Labute approximate surface area is 113 Å². The van der Waals surface area contributed by atoms with Gasteiger partial charge >= 0.3 is 0 Å². The molecule has 106 valence electrons. The molecule has 0 aromatic rings. The summed E-state index contributed by atoms with van der Waals surface area (Å²) in [5.41, 5.74) is 0.0221. The van der Waals surface area contributed by atoms with Crippen LogP contribution in [0.2, 0.25) is 0 Å². The van der Waals surface area contributed by atoms with E-state index in [2.05, 4.69) is 26.1 Å². The van der Waals surface area contributed by atoms with Crippen molar-refractivity contribution in [3.63, 3.8) is 0 Å². The molecule has 0 radical (unpaired) electrons. The lowest BCUT2D eigenvalue weighted by atomic mass is 9.89. The highest BCUT2D eigenvalue weighted by atomic mass is 16.5. The van der Waals surface area contributed by atoms with Gasteiger partial charge in [-0.05, 0) is 59.3 Å². The predicted molar refractivity (Wildman–Crippen MR) is 76.9 cm³/mol. The van der Waals surface area contributed by atoms with Gasteiger partial charge in [0.05, 0.1) is 11.7 Å². The molecule has 0 spiro atoms. The first-order valence-electron chi connectivity index (χ1n) is 7.97. The number of hydrogen-bond acceptors (Lipinski definition) is 2. The lowest BCUT2D eigenvalue weighted by molar-refractivity contribution is -0.0763. The van der Waals surface area contributed by atoms with Gasteiger partial charge in [-0.25, -0.2) is 0 Å². The second-order valence-electron chi connectivity index (χ2n) is 7.21. The molecular weight excluding hydrogens is 222 g/mol. The molecule has 1 N–H and O–H groups in total. The summed E-state index contributed by atoms with van der Waals surface area (Å²) in [5.74, 6) is 0. The van der Waals surface area contributed by atoms with Crippen molar-refractivity contribution in [2.45, 2.75) is 102 Å². The normalized spacial score (nSPS) is 31.5. The van der Waals surface area contributed by atoms with Crippen LogP contribution in [0.25, 0.3) is 0 Å². The van der Waals surface area contributed by atoms with Crippen molar-refractivity contribution in [1.82, 2.24) is 5.32 Å². The Morgan fingerprint density at radius 2 is 1.33 bits per heavy atom. The van der Waals surface area contributed by atoms with Crippen molar-refractivity contribution in [3.8, 4) is 0 Å². The van der Waals surface area contributed by atoms with Gasteiger partial charge < -0.3 is 10.1 Å². The first kappa shape index (κ1) is 14.3. The van der Waals surface area contributed by atoms with Crippen molar-refractivity contribution in [1.29, 1.82) is 0 Å². The zero-order valence-corrected chi connectivity index (χ0v) is 12.5. The zero-order valence-electron chi connectivity index (χ0n) is 12.5. The molecule has 2 aliphatic carbocycles. The third-order valence-electron chi connectivity index (χ3n) is 4.27. The Morgan fingerprint density at radius 3 is 1.89 bits per heavy atom. The number of nitrogens with one attached hydrogen (secondary N) is 1. The highest BCUT2D eigenvalue weighted by Gasteiger charge is 2.26. The lowest BCUT2D eigenvalue weighted by Crippen LogP contribution is -2.43. The van der Waals surface area contributed by atoms with E-state index in [-0.39, 0.29) is 5.60 Å². The molecule has 0 bridgehead atoms. The van der Waals surface area contributed by atoms with Crippen LogP contribution >= 0.6 is 0 Å². The Hall–Kier alpha value is -0.0800. The van der Waals surface area contributed by atoms with Gasteiger partial charge in [0.2, 0.25) is 0 Å². The first-order valence-corrected chi connectivity index (χ1v) is 7.97. The standard InChI is InChI=1S/C16H31NO/c1-16(2,3)18-15-11-9-14(10-12-15)17-13-7-5-4-6-8-13/h13-15,17H,4-12H2,1-3H3. The quantitative estimate of drug-likeness (QED) is 0.820. The molecule has 0 aliphatic heterocycles. The van der Waals surface area contributed by atoms with Crippen molar-refractivity contribution >= 4 is 0 Å². The molecule has 0 aromatic carbocycles. The average Bonchev–Trinajstić information content (AvgIpc) is 2.31. The highest BCUT2D eigenvalue weighted by Crippen LogP contribution is 2.27. The molecule has 18 heavy (non-hydrogen) atoms. The van der Waals surface area contributed by atoms with Crippen molar-refractivity contribution in [2.24, 2.45) is 0 Å². The predicted octanol–water partition coefficient (Wildman–Crippen LogP) is 4.04. The summed E-state index contributed by atoms with van der Waals surface area (Å²) in [7, 11) is 0. The first-order chi connectivity index (χ1) is 8.53. The molecule has 0 atom stereocenters. The summed E-state index contributed by atoms with van der Waals surface area (Å²) >= 11 is 0. The van der Waals surface area contributed by atoms with Crippen LogP contribution in [-0.4, -0.2) is 23.8 Å². The van der Waals surface area contributed by atoms with E-state index in [9.17, 15) is 0 Å². The summed E-state index contributed by atoms with van der Waals surface area (Å²) in [4.78, 5) is 0. The van der Waals surface area contributed by atoms with Crippen LogP contribution in [0.1, 0.15) is 78.6 Å². The van der Waals surface area contributed by atoms with Crippen LogP contribution in [0.15, 0.2) is 0 Å². The summed E-state index contributed by atoms with van der Waals surface area (Å²) in [6, 6.07) is 1.57. The smallest absolute Gasteiger partial charge is 0.0602 e. The van der Waals surface area contributed by atoms with E-state index in [1.807, 2.05) is 0 Å². The molecule has 0 unspecified atom stereocenters. The van der Waals surface area contributed by atoms with Gasteiger partial charge in [0, 0.05) is 12.1 Å². The molecule has 0 heterocycles. The molecule has 2 fully saturated rings. The van der Waals surface area contributed by atoms with Crippen LogP contribution in [0.3, 0.4) is 0 Å². The van der Waals surface area contributed by atoms with Crippen molar-refractivity contribution < 1.29 is 4.74 Å². The second kappa shape index (κ2) is 6.38. The Balaban J connectivity index is 1.66. The van der Waals surface area contributed by atoms with Gasteiger partial charge in [-0.15, -0.1) is 0 Å². The van der Waals surface area contributed by atoms with Gasteiger partial charge in [0.15, 0.2) is 0 Å². The fraction of sp³-hybridized carbons (Fsp3) is 1.00. The summed E-state index contributed by atoms with van der Waals surface area (Å²) in [6.45, 7) is 6.50. The third-order valence-corrected chi connectivity index (χ3v) is 4.27. The Kier molecular flexibility index (Phi) is 5.08. The van der Waals surface area contributed by atoms with E-state index in [4.69, 9.17) is 4.74 Å². The van der Waals surface area contributed by atoms with Gasteiger partial charge in [0.25, 0.3) is 0 Å². The van der Waals surface area contributed by atoms with Gasteiger partial charge in [-0.2, -0.15) is 0 Å². The van der Waals surface area contributed by atoms with Crippen molar-refractivity contribution in [2.75, 3.05) is 0 Å². The number of hydrogen-bond donors (Lipinski definition) is 1. The molecule has 2 rings (SSSR count).